The summed E-state index contributed by atoms with van der Waals surface area (Å²) >= 11 is 7.86. The van der Waals surface area contributed by atoms with Gasteiger partial charge in [-0.15, -0.1) is 12.6 Å². The van der Waals surface area contributed by atoms with Crippen molar-refractivity contribution in [1.82, 2.24) is 0 Å². The van der Waals surface area contributed by atoms with Crippen molar-refractivity contribution in [2.24, 2.45) is 0 Å². The summed E-state index contributed by atoms with van der Waals surface area (Å²) in [6.45, 7) is 0. The lowest BCUT2D eigenvalue weighted by molar-refractivity contribution is 0.102. The number of amides is 1. The first-order chi connectivity index (χ1) is 9.97. The Bertz CT molecular complexity index is 667. The molecule has 0 spiro atoms. The van der Waals surface area contributed by atoms with Gasteiger partial charge >= 0.3 is 0 Å². The molecule has 0 aliphatic rings. The second-order valence-corrected chi connectivity index (χ2v) is 6.40. The molecule has 7 heteroatoms. The van der Waals surface area contributed by atoms with E-state index in [9.17, 15) is 13.6 Å². The molecule has 2 nitrogen and oxygen atoms in total. The Morgan fingerprint density at radius 2 is 1.95 bits per heavy atom. The minimum absolute atomic E-state index is 0.319. The van der Waals surface area contributed by atoms with E-state index >= 15 is 0 Å². The average molecular weight is 390 g/mol. The molecule has 0 bridgehead atoms. The number of hydrogen-bond donors (Lipinski definition) is 2. The number of para-hydroxylation sites is 1. The number of carbonyl (C=O) groups is 1. The van der Waals surface area contributed by atoms with Crippen LogP contribution in [-0.2, 0) is 0 Å². The Morgan fingerprint density at radius 1 is 1.24 bits per heavy atom. The van der Waals surface area contributed by atoms with Crippen molar-refractivity contribution in [2.45, 2.75) is 15.5 Å². The fraction of sp³-hybridized carbons (Fsp3) is 0.0714. The SMILES string of the molecule is O=C(Nc1ccccc1SC(F)F)c1cc(S)ccc1Br. The van der Waals surface area contributed by atoms with E-state index < -0.39 is 5.76 Å². The zero-order chi connectivity index (χ0) is 15.4. The maximum absolute atomic E-state index is 12.5. The van der Waals surface area contributed by atoms with Gasteiger partial charge in [-0.1, -0.05) is 23.9 Å². The second kappa shape index (κ2) is 7.29. The standard InChI is InChI=1S/C14H10BrF2NOS2/c15-10-6-5-8(20)7-9(10)13(19)18-11-3-1-2-4-12(11)21-14(16)17/h1-7,14,20H,(H,18,19). The largest absolute Gasteiger partial charge is 0.321 e. The van der Waals surface area contributed by atoms with Gasteiger partial charge in [-0.05, 0) is 46.3 Å². The molecule has 21 heavy (non-hydrogen) atoms. The molecule has 0 atom stereocenters. The van der Waals surface area contributed by atoms with Crippen LogP contribution in [0, 0.1) is 0 Å². The van der Waals surface area contributed by atoms with Crippen LogP contribution in [0.4, 0.5) is 14.5 Å². The van der Waals surface area contributed by atoms with Gasteiger partial charge in [-0.2, -0.15) is 8.78 Å². The summed E-state index contributed by atoms with van der Waals surface area (Å²) in [4.78, 5) is 13.2. The molecule has 1 amide bonds. The molecular formula is C14H10BrF2NOS2. The summed E-state index contributed by atoms with van der Waals surface area (Å²) in [5, 5.41) is 2.64. The number of benzene rings is 2. The fourth-order valence-electron chi connectivity index (χ4n) is 1.65. The van der Waals surface area contributed by atoms with Gasteiger partial charge in [0, 0.05) is 14.3 Å². The molecule has 2 aromatic carbocycles. The highest BCUT2D eigenvalue weighted by Gasteiger charge is 2.14. The zero-order valence-corrected chi connectivity index (χ0v) is 13.8. The summed E-state index contributed by atoms with van der Waals surface area (Å²) in [6, 6.07) is 11.5. The number of anilines is 1. The minimum Gasteiger partial charge on any atom is -0.321 e. The minimum atomic E-state index is -2.55. The van der Waals surface area contributed by atoms with E-state index in [0.717, 1.165) is 0 Å². The topological polar surface area (TPSA) is 29.1 Å². The van der Waals surface area contributed by atoms with E-state index in [1.165, 1.54) is 6.07 Å². The molecular weight excluding hydrogens is 380 g/mol. The van der Waals surface area contributed by atoms with Gasteiger partial charge < -0.3 is 5.32 Å². The van der Waals surface area contributed by atoms with Gasteiger partial charge in [0.2, 0.25) is 0 Å². The molecule has 0 radical (unpaired) electrons. The lowest BCUT2D eigenvalue weighted by atomic mass is 10.2. The third-order valence-electron chi connectivity index (χ3n) is 2.55. The summed E-state index contributed by atoms with van der Waals surface area (Å²) in [7, 11) is 0. The van der Waals surface area contributed by atoms with E-state index in [1.54, 1.807) is 36.4 Å². The fourth-order valence-corrected chi connectivity index (χ4v) is 2.87. The van der Waals surface area contributed by atoms with Crippen molar-refractivity contribution in [3.05, 3.63) is 52.5 Å². The van der Waals surface area contributed by atoms with Gasteiger partial charge in [0.15, 0.2) is 0 Å². The highest BCUT2D eigenvalue weighted by molar-refractivity contribution is 9.10. The molecule has 0 unspecified atom stereocenters. The maximum atomic E-state index is 12.5. The zero-order valence-electron chi connectivity index (χ0n) is 10.5. The molecule has 0 aliphatic heterocycles. The van der Waals surface area contributed by atoms with Crippen molar-refractivity contribution < 1.29 is 13.6 Å². The molecule has 2 rings (SSSR count). The third-order valence-corrected chi connectivity index (χ3v) is 4.30. The number of carbonyl (C=O) groups excluding carboxylic acids is 1. The average Bonchev–Trinajstić information content (AvgIpc) is 2.43. The first kappa shape index (κ1) is 16.3. The number of rotatable bonds is 4. The van der Waals surface area contributed by atoms with Crippen LogP contribution in [0.2, 0.25) is 0 Å². The number of alkyl halides is 2. The van der Waals surface area contributed by atoms with Crippen LogP contribution in [-0.4, -0.2) is 11.7 Å². The predicted octanol–water partition coefficient (Wildman–Crippen LogP) is 5.30. The number of thiol groups is 1. The van der Waals surface area contributed by atoms with Crippen molar-refractivity contribution in [3.63, 3.8) is 0 Å². The highest BCUT2D eigenvalue weighted by atomic mass is 79.9. The van der Waals surface area contributed by atoms with Gasteiger partial charge in [-0.25, -0.2) is 0 Å². The van der Waals surface area contributed by atoms with Gasteiger partial charge in [0.25, 0.3) is 11.7 Å². The third kappa shape index (κ3) is 4.46. The summed E-state index contributed by atoms with van der Waals surface area (Å²) in [5.74, 6) is -2.93. The molecule has 0 aliphatic carbocycles. The predicted molar refractivity (Wildman–Crippen MR) is 87.7 cm³/mol. The normalized spacial score (nSPS) is 10.7. The molecule has 0 fully saturated rings. The second-order valence-electron chi connectivity index (χ2n) is 3.99. The van der Waals surface area contributed by atoms with Crippen molar-refractivity contribution in [1.29, 1.82) is 0 Å². The molecule has 1 N–H and O–H groups in total. The number of hydrogen-bond acceptors (Lipinski definition) is 3. The maximum Gasteiger partial charge on any atom is 0.288 e. The van der Waals surface area contributed by atoms with E-state index in [2.05, 4.69) is 33.9 Å². The quantitative estimate of drug-likeness (QED) is 0.548. The Hall–Kier alpha value is -1.05. The van der Waals surface area contributed by atoms with E-state index in [1.807, 2.05) is 0 Å². The Labute approximate surface area is 138 Å². The van der Waals surface area contributed by atoms with Gasteiger partial charge in [0.05, 0.1) is 11.3 Å². The van der Waals surface area contributed by atoms with Crippen LogP contribution < -0.4 is 5.32 Å². The van der Waals surface area contributed by atoms with Crippen LogP contribution in [0.3, 0.4) is 0 Å². The highest BCUT2D eigenvalue weighted by Crippen LogP contribution is 2.32. The first-order valence-corrected chi connectivity index (χ1v) is 7.93. The lowest BCUT2D eigenvalue weighted by Gasteiger charge is -2.11. The Kier molecular flexibility index (Phi) is 5.66. The van der Waals surface area contributed by atoms with E-state index in [4.69, 9.17) is 0 Å². The van der Waals surface area contributed by atoms with Crippen LogP contribution in [0.5, 0.6) is 0 Å². The van der Waals surface area contributed by atoms with Crippen LogP contribution in [0.25, 0.3) is 0 Å². The van der Waals surface area contributed by atoms with Crippen LogP contribution in [0.15, 0.2) is 56.7 Å². The smallest absolute Gasteiger partial charge is 0.288 e. The monoisotopic (exact) mass is 389 g/mol. The molecule has 0 aromatic heterocycles. The number of halogens is 3. The Balaban J connectivity index is 2.25. The first-order valence-electron chi connectivity index (χ1n) is 5.81. The summed E-state index contributed by atoms with van der Waals surface area (Å²) in [6.07, 6.45) is 0. The Morgan fingerprint density at radius 3 is 2.67 bits per heavy atom. The van der Waals surface area contributed by atoms with Gasteiger partial charge in [-0.3, -0.25) is 4.79 Å². The van der Waals surface area contributed by atoms with Crippen molar-refractivity contribution >= 4 is 51.9 Å². The molecule has 0 saturated carbocycles. The van der Waals surface area contributed by atoms with E-state index in [-0.39, 0.29) is 5.91 Å². The molecule has 2 aromatic rings. The summed E-state index contributed by atoms with van der Waals surface area (Å²) in [5.41, 5.74) is 0.739. The molecule has 110 valence electrons. The molecule has 0 heterocycles. The van der Waals surface area contributed by atoms with Gasteiger partial charge in [0.1, 0.15) is 0 Å². The van der Waals surface area contributed by atoms with Crippen LogP contribution >= 0.6 is 40.3 Å². The summed E-state index contributed by atoms with van der Waals surface area (Å²) < 4.78 is 25.6. The lowest BCUT2D eigenvalue weighted by Crippen LogP contribution is -2.13. The number of thioether (sulfide) groups is 1. The number of nitrogens with one attached hydrogen (secondary N) is 1. The van der Waals surface area contributed by atoms with Crippen molar-refractivity contribution in [2.75, 3.05) is 5.32 Å². The van der Waals surface area contributed by atoms with Crippen LogP contribution in [0.1, 0.15) is 10.4 Å². The van der Waals surface area contributed by atoms with E-state index in [0.29, 0.717) is 37.3 Å². The van der Waals surface area contributed by atoms with Crippen molar-refractivity contribution in [3.8, 4) is 0 Å². The molecule has 0 saturated heterocycles.